The fourth-order valence-corrected chi connectivity index (χ4v) is 3.21. The van der Waals surface area contributed by atoms with Crippen LogP contribution in [0.1, 0.15) is 29.9 Å². The maximum absolute atomic E-state index is 12.2. The monoisotopic (exact) mass is 375 g/mol. The molecule has 0 saturated heterocycles. The summed E-state index contributed by atoms with van der Waals surface area (Å²) < 4.78 is 1.68. The van der Waals surface area contributed by atoms with E-state index in [9.17, 15) is 4.79 Å². The first-order chi connectivity index (χ1) is 11.9. The fourth-order valence-electron chi connectivity index (χ4n) is 2.46. The van der Waals surface area contributed by atoms with Crippen LogP contribution in [-0.4, -0.2) is 31.2 Å². The molecule has 0 saturated carbocycles. The highest BCUT2D eigenvalue weighted by Crippen LogP contribution is 2.18. The molecule has 3 aromatic rings. The van der Waals surface area contributed by atoms with Crippen LogP contribution in [0.4, 0.5) is 0 Å². The Morgan fingerprint density at radius 1 is 1.28 bits per heavy atom. The zero-order chi connectivity index (χ0) is 18.0. The van der Waals surface area contributed by atoms with Crippen LogP contribution in [0, 0.1) is 13.8 Å². The van der Waals surface area contributed by atoms with Gasteiger partial charge in [0.15, 0.2) is 0 Å². The molecule has 1 amide bonds. The van der Waals surface area contributed by atoms with Crippen LogP contribution in [0.2, 0.25) is 5.02 Å². The van der Waals surface area contributed by atoms with E-state index in [2.05, 4.69) is 20.4 Å². The lowest BCUT2D eigenvalue weighted by atomic mass is 10.1. The second-order valence-electron chi connectivity index (χ2n) is 5.77. The number of benzene rings is 1. The first kappa shape index (κ1) is 17.7. The van der Waals surface area contributed by atoms with Gasteiger partial charge >= 0.3 is 0 Å². The van der Waals surface area contributed by atoms with Gasteiger partial charge in [0.2, 0.25) is 11.1 Å². The van der Waals surface area contributed by atoms with Crippen molar-refractivity contribution in [3.05, 3.63) is 52.3 Å². The number of hydrogen-bond donors (Lipinski definition) is 1. The SMILES string of the molecule is Cc1cc(C)n2nc(SCC(=O)N[C@H](C)c3ccc(Cl)cc3)nc2n1. The molecule has 0 aliphatic carbocycles. The molecule has 2 aromatic heterocycles. The smallest absolute Gasteiger partial charge is 0.253 e. The minimum atomic E-state index is -0.0917. The highest BCUT2D eigenvalue weighted by atomic mass is 35.5. The van der Waals surface area contributed by atoms with E-state index in [0.29, 0.717) is 16.0 Å². The first-order valence-corrected chi connectivity index (χ1v) is 9.17. The maximum atomic E-state index is 12.2. The van der Waals surface area contributed by atoms with E-state index in [1.54, 1.807) is 4.52 Å². The van der Waals surface area contributed by atoms with Crippen LogP contribution >= 0.6 is 23.4 Å². The Morgan fingerprint density at radius 2 is 2.00 bits per heavy atom. The number of thioether (sulfide) groups is 1. The van der Waals surface area contributed by atoms with Gasteiger partial charge < -0.3 is 5.32 Å². The highest BCUT2D eigenvalue weighted by molar-refractivity contribution is 7.99. The molecule has 0 bridgehead atoms. The molecule has 130 valence electrons. The van der Waals surface area contributed by atoms with Gasteiger partial charge in [-0.2, -0.15) is 4.98 Å². The molecule has 2 heterocycles. The van der Waals surface area contributed by atoms with Crippen LogP contribution in [0.5, 0.6) is 0 Å². The molecule has 1 atom stereocenters. The minimum Gasteiger partial charge on any atom is -0.349 e. The maximum Gasteiger partial charge on any atom is 0.253 e. The summed E-state index contributed by atoms with van der Waals surface area (Å²) >= 11 is 7.17. The molecule has 8 heteroatoms. The minimum absolute atomic E-state index is 0.0767. The van der Waals surface area contributed by atoms with Crippen molar-refractivity contribution in [1.82, 2.24) is 24.9 Å². The van der Waals surface area contributed by atoms with Gasteiger partial charge in [0.05, 0.1) is 11.8 Å². The summed E-state index contributed by atoms with van der Waals surface area (Å²) in [5.41, 5.74) is 2.86. The summed E-state index contributed by atoms with van der Waals surface area (Å²) in [6, 6.07) is 9.28. The molecule has 1 N–H and O–H groups in total. The Labute approximate surface area is 155 Å². The van der Waals surface area contributed by atoms with Crippen molar-refractivity contribution in [3.63, 3.8) is 0 Å². The Balaban J connectivity index is 1.60. The van der Waals surface area contributed by atoms with Gasteiger partial charge in [-0.1, -0.05) is 35.5 Å². The number of aryl methyl sites for hydroxylation is 2. The molecule has 0 fully saturated rings. The largest absolute Gasteiger partial charge is 0.349 e. The van der Waals surface area contributed by atoms with Crippen molar-refractivity contribution in [2.24, 2.45) is 0 Å². The number of carbonyl (C=O) groups excluding carboxylic acids is 1. The van der Waals surface area contributed by atoms with E-state index in [4.69, 9.17) is 11.6 Å². The molecule has 1 aromatic carbocycles. The van der Waals surface area contributed by atoms with E-state index >= 15 is 0 Å². The second kappa shape index (κ2) is 7.41. The standard InChI is InChI=1S/C17H18ClN5OS/c1-10-8-11(2)23-16(19-10)21-17(22-23)25-9-15(24)20-12(3)13-4-6-14(18)7-5-13/h4-8,12H,9H2,1-3H3,(H,20,24)/t12-/m1/s1. The summed E-state index contributed by atoms with van der Waals surface area (Å²) in [6.07, 6.45) is 0. The number of amides is 1. The van der Waals surface area contributed by atoms with Crippen molar-refractivity contribution < 1.29 is 4.79 Å². The van der Waals surface area contributed by atoms with Gasteiger partial charge in [-0.15, -0.1) is 5.10 Å². The topological polar surface area (TPSA) is 72.2 Å². The first-order valence-electron chi connectivity index (χ1n) is 7.81. The predicted octanol–water partition coefficient (Wildman–Crippen LogP) is 3.36. The molecule has 25 heavy (non-hydrogen) atoms. The number of nitrogens with one attached hydrogen (secondary N) is 1. The Morgan fingerprint density at radius 3 is 2.72 bits per heavy atom. The predicted molar refractivity (Wildman–Crippen MR) is 99.0 cm³/mol. The Kier molecular flexibility index (Phi) is 5.24. The second-order valence-corrected chi connectivity index (χ2v) is 7.15. The van der Waals surface area contributed by atoms with Crippen molar-refractivity contribution in [3.8, 4) is 0 Å². The normalized spacial score (nSPS) is 12.3. The number of fused-ring (bicyclic) bond motifs is 1. The van der Waals surface area contributed by atoms with Gasteiger partial charge in [-0.3, -0.25) is 4.79 Å². The Bertz CT molecular complexity index is 909. The van der Waals surface area contributed by atoms with Crippen LogP contribution in [0.25, 0.3) is 5.78 Å². The van der Waals surface area contributed by atoms with Crippen molar-refractivity contribution in [1.29, 1.82) is 0 Å². The Hall–Kier alpha value is -2.12. The number of aromatic nitrogens is 4. The number of halogens is 1. The van der Waals surface area contributed by atoms with Gasteiger partial charge in [0.1, 0.15) is 0 Å². The van der Waals surface area contributed by atoms with E-state index in [0.717, 1.165) is 17.0 Å². The summed E-state index contributed by atoms with van der Waals surface area (Å²) in [4.78, 5) is 20.9. The lowest BCUT2D eigenvalue weighted by Gasteiger charge is -2.13. The summed E-state index contributed by atoms with van der Waals surface area (Å²) in [6.45, 7) is 5.80. The zero-order valence-electron chi connectivity index (χ0n) is 14.2. The molecular weight excluding hydrogens is 358 g/mol. The van der Waals surface area contributed by atoms with Gasteiger partial charge in [0, 0.05) is 16.4 Å². The summed E-state index contributed by atoms with van der Waals surface area (Å²) in [5.74, 6) is 0.717. The molecule has 0 aliphatic heterocycles. The molecule has 0 spiro atoms. The number of rotatable bonds is 5. The molecule has 0 unspecified atom stereocenters. The quantitative estimate of drug-likeness (QED) is 0.692. The van der Waals surface area contributed by atoms with Crippen LogP contribution in [0.15, 0.2) is 35.5 Å². The summed E-state index contributed by atoms with van der Waals surface area (Å²) in [7, 11) is 0. The van der Waals surface area contributed by atoms with Crippen LogP contribution in [-0.2, 0) is 4.79 Å². The van der Waals surface area contributed by atoms with E-state index < -0.39 is 0 Å². The van der Waals surface area contributed by atoms with E-state index in [1.807, 2.05) is 51.1 Å². The lowest BCUT2D eigenvalue weighted by molar-refractivity contribution is -0.119. The average molecular weight is 376 g/mol. The molecule has 0 aliphatic rings. The highest BCUT2D eigenvalue weighted by Gasteiger charge is 2.13. The summed E-state index contributed by atoms with van der Waals surface area (Å²) in [5, 5.41) is 8.56. The van der Waals surface area contributed by atoms with Crippen molar-refractivity contribution in [2.75, 3.05) is 5.75 Å². The number of hydrogen-bond acceptors (Lipinski definition) is 5. The van der Waals surface area contributed by atoms with Gasteiger partial charge in [0.25, 0.3) is 5.78 Å². The third-order valence-corrected chi connectivity index (χ3v) is 4.77. The molecule has 3 rings (SSSR count). The molecular formula is C17H18ClN5OS. The van der Waals surface area contributed by atoms with Crippen molar-refractivity contribution in [2.45, 2.75) is 32.0 Å². The van der Waals surface area contributed by atoms with Crippen molar-refractivity contribution >= 4 is 35.0 Å². The number of nitrogens with zero attached hydrogens (tertiary/aromatic N) is 4. The third-order valence-electron chi connectivity index (χ3n) is 3.68. The lowest BCUT2D eigenvalue weighted by Crippen LogP contribution is -2.28. The van der Waals surface area contributed by atoms with Gasteiger partial charge in [-0.05, 0) is 44.5 Å². The van der Waals surface area contributed by atoms with E-state index in [-0.39, 0.29) is 17.7 Å². The number of carbonyl (C=O) groups is 1. The van der Waals surface area contributed by atoms with Crippen LogP contribution < -0.4 is 5.32 Å². The van der Waals surface area contributed by atoms with Gasteiger partial charge in [-0.25, -0.2) is 9.50 Å². The third kappa shape index (κ3) is 4.29. The average Bonchev–Trinajstić information content (AvgIpc) is 2.97. The van der Waals surface area contributed by atoms with Crippen LogP contribution in [0.3, 0.4) is 0 Å². The molecule has 0 radical (unpaired) electrons. The fraction of sp³-hybridized carbons (Fsp3) is 0.294. The zero-order valence-corrected chi connectivity index (χ0v) is 15.7. The molecule has 6 nitrogen and oxygen atoms in total. The van der Waals surface area contributed by atoms with E-state index in [1.165, 1.54) is 11.8 Å².